The molecule has 0 unspecified atom stereocenters. The van der Waals surface area contributed by atoms with Crippen LogP contribution in [0.4, 0.5) is 11.5 Å². The maximum absolute atomic E-state index is 11.9. The number of unbranched alkanes of at least 4 members (excludes halogenated alkanes) is 2. The molecule has 0 fully saturated rings. The van der Waals surface area contributed by atoms with E-state index in [4.69, 9.17) is 0 Å². The first kappa shape index (κ1) is 15.9. The van der Waals surface area contributed by atoms with E-state index in [9.17, 15) is 4.79 Å². The van der Waals surface area contributed by atoms with Gasteiger partial charge < -0.3 is 10.6 Å². The summed E-state index contributed by atoms with van der Waals surface area (Å²) in [6.07, 6.45) is 3.24. The van der Waals surface area contributed by atoms with E-state index in [0.717, 1.165) is 24.9 Å². The maximum Gasteiger partial charge on any atom is 0.271 e. The molecular formula is C17H22N4O. The van der Waals surface area contributed by atoms with Crippen LogP contribution in [0.15, 0.2) is 36.4 Å². The van der Waals surface area contributed by atoms with Crippen molar-refractivity contribution >= 4 is 17.4 Å². The lowest BCUT2D eigenvalue weighted by Crippen LogP contribution is -2.25. The number of aromatic nitrogens is 2. The van der Waals surface area contributed by atoms with Crippen molar-refractivity contribution in [3.8, 4) is 0 Å². The van der Waals surface area contributed by atoms with E-state index in [1.54, 1.807) is 12.1 Å². The Morgan fingerprint density at radius 2 is 1.82 bits per heavy atom. The van der Waals surface area contributed by atoms with Gasteiger partial charge in [0.05, 0.1) is 0 Å². The Kier molecular flexibility index (Phi) is 5.89. The van der Waals surface area contributed by atoms with Gasteiger partial charge in [-0.3, -0.25) is 4.79 Å². The van der Waals surface area contributed by atoms with Gasteiger partial charge >= 0.3 is 0 Å². The Morgan fingerprint density at radius 1 is 1.05 bits per heavy atom. The highest BCUT2D eigenvalue weighted by atomic mass is 16.1. The zero-order valence-electron chi connectivity index (χ0n) is 13.1. The monoisotopic (exact) mass is 298 g/mol. The number of nitrogens with one attached hydrogen (secondary N) is 2. The third kappa shape index (κ3) is 4.84. The molecule has 0 aliphatic heterocycles. The van der Waals surface area contributed by atoms with Gasteiger partial charge in [-0.1, -0.05) is 37.5 Å². The second-order valence-corrected chi connectivity index (χ2v) is 5.26. The van der Waals surface area contributed by atoms with Gasteiger partial charge in [0.15, 0.2) is 11.5 Å². The highest BCUT2D eigenvalue weighted by molar-refractivity contribution is 5.92. The molecule has 0 spiro atoms. The average molecular weight is 298 g/mol. The summed E-state index contributed by atoms with van der Waals surface area (Å²) in [5.41, 5.74) is 2.48. The lowest BCUT2D eigenvalue weighted by molar-refractivity contribution is 0.0947. The van der Waals surface area contributed by atoms with Crippen LogP contribution in [0, 0.1) is 6.92 Å². The number of rotatable bonds is 7. The Labute approximate surface area is 131 Å². The third-order valence-corrected chi connectivity index (χ3v) is 3.29. The van der Waals surface area contributed by atoms with Gasteiger partial charge in [0.25, 0.3) is 5.91 Å². The molecule has 0 saturated heterocycles. The fourth-order valence-corrected chi connectivity index (χ4v) is 1.97. The van der Waals surface area contributed by atoms with Crippen LogP contribution >= 0.6 is 0 Å². The minimum absolute atomic E-state index is 0.175. The molecule has 5 nitrogen and oxygen atoms in total. The molecule has 0 bridgehead atoms. The normalized spacial score (nSPS) is 10.3. The molecule has 1 aromatic carbocycles. The van der Waals surface area contributed by atoms with Crippen molar-refractivity contribution in [2.45, 2.75) is 33.1 Å². The summed E-state index contributed by atoms with van der Waals surface area (Å²) in [5, 5.41) is 14.0. The Balaban J connectivity index is 1.89. The molecular weight excluding hydrogens is 276 g/mol. The van der Waals surface area contributed by atoms with E-state index < -0.39 is 0 Å². The van der Waals surface area contributed by atoms with Crippen LogP contribution < -0.4 is 10.6 Å². The SMILES string of the molecule is CCCCCNC(=O)c1ccc(Nc2ccc(C)cc2)nn1. The maximum atomic E-state index is 11.9. The summed E-state index contributed by atoms with van der Waals surface area (Å²) in [6.45, 7) is 4.85. The first-order chi connectivity index (χ1) is 10.7. The summed E-state index contributed by atoms with van der Waals surface area (Å²) in [7, 11) is 0. The predicted molar refractivity (Wildman–Crippen MR) is 88.4 cm³/mol. The molecule has 1 aromatic heterocycles. The molecule has 0 aliphatic carbocycles. The quantitative estimate of drug-likeness (QED) is 0.768. The highest BCUT2D eigenvalue weighted by Crippen LogP contribution is 2.14. The fourth-order valence-electron chi connectivity index (χ4n) is 1.97. The number of hydrogen-bond donors (Lipinski definition) is 2. The van der Waals surface area contributed by atoms with Crippen molar-refractivity contribution in [2.24, 2.45) is 0 Å². The van der Waals surface area contributed by atoms with Gasteiger partial charge in [-0.05, 0) is 37.6 Å². The first-order valence-corrected chi connectivity index (χ1v) is 7.64. The zero-order valence-corrected chi connectivity index (χ0v) is 13.1. The van der Waals surface area contributed by atoms with Crippen LogP contribution in [0.2, 0.25) is 0 Å². The van der Waals surface area contributed by atoms with Crippen LogP contribution in [0.5, 0.6) is 0 Å². The molecule has 2 N–H and O–H groups in total. The molecule has 0 aliphatic rings. The molecule has 1 heterocycles. The van der Waals surface area contributed by atoms with Crippen LogP contribution in [-0.2, 0) is 0 Å². The smallest absolute Gasteiger partial charge is 0.271 e. The van der Waals surface area contributed by atoms with Crippen LogP contribution in [-0.4, -0.2) is 22.6 Å². The van der Waals surface area contributed by atoms with Crippen LogP contribution in [0.25, 0.3) is 0 Å². The highest BCUT2D eigenvalue weighted by Gasteiger charge is 2.07. The minimum Gasteiger partial charge on any atom is -0.351 e. The Bertz CT molecular complexity index is 593. The number of benzene rings is 1. The first-order valence-electron chi connectivity index (χ1n) is 7.64. The van der Waals surface area contributed by atoms with Gasteiger partial charge in [-0.15, -0.1) is 10.2 Å². The van der Waals surface area contributed by atoms with Crippen LogP contribution in [0.1, 0.15) is 42.2 Å². The van der Waals surface area contributed by atoms with E-state index >= 15 is 0 Å². The molecule has 22 heavy (non-hydrogen) atoms. The van der Waals surface area contributed by atoms with Crippen molar-refractivity contribution in [3.05, 3.63) is 47.7 Å². The van der Waals surface area contributed by atoms with E-state index in [1.165, 1.54) is 5.56 Å². The predicted octanol–water partition coefficient (Wildman–Crippen LogP) is 3.45. The van der Waals surface area contributed by atoms with E-state index in [1.807, 2.05) is 31.2 Å². The van der Waals surface area contributed by atoms with Crippen molar-refractivity contribution in [1.29, 1.82) is 0 Å². The van der Waals surface area contributed by atoms with Crippen molar-refractivity contribution in [1.82, 2.24) is 15.5 Å². The summed E-state index contributed by atoms with van der Waals surface area (Å²) in [4.78, 5) is 11.9. The number of nitrogens with zero attached hydrogens (tertiary/aromatic N) is 2. The number of amides is 1. The summed E-state index contributed by atoms with van der Waals surface area (Å²) in [5.74, 6) is 0.442. The third-order valence-electron chi connectivity index (χ3n) is 3.29. The van der Waals surface area contributed by atoms with Crippen LogP contribution in [0.3, 0.4) is 0 Å². The average Bonchev–Trinajstić information content (AvgIpc) is 2.54. The molecule has 0 atom stereocenters. The number of carbonyl (C=O) groups is 1. The minimum atomic E-state index is -0.175. The molecule has 0 radical (unpaired) electrons. The largest absolute Gasteiger partial charge is 0.351 e. The molecule has 116 valence electrons. The topological polar surface area (TPSA) is 66.9 Å². The zero-order chi connectivity index (χ0) is 15.8. The molecule has 0 saturated carbocycles. The van der Waals surface area contributed by atoms with E-state index in [0.29, 0.717) is 18.1 Å². The lowest BCUT2D eigenvalue weighted by Gasteiger charge is -2.06. The van der Waals surface area contributed by atoms with E-state index in [2.05, 4.69) is 27.8 Å². The van der Waals surface area contributed by atoms with Crippen molar-refractivity contribution < 1.29 is 4.79 Å². The second-order valence-electron chi connectivity index (χ2n) is 5.26. The standard InChI is InChI=1S/C17H22N4O/c1-3-4-5-12-18-17(22)15-10-11-16(21-20-15)19-14-8-6-13(2)7-9-14/h6-11H,3-5,12H2,1-2H3,(H,18,22)(H,19,21). The Hall–Kier alpha value is -2.43. The van der Waals surface area contributed by atoms with E-state index in [-0.39, 0.29) is 5.91 Å². The summed E-state index contributed by atoms with van der Waals surface area (Å²) < 4.78 is 0. The summed E-state index contributed by atoms with van der Waals surface area (Å²) in [6, 6.07) is 11.4. The molecule has 5 heteroatoms. The number of aryl methyl sites for hydroxylation is 1. The number of anilines is 2. The van der Waals surface area contributed by atoms with Gasteiger partial charge in [-0.25, -0.2) is 0 Å². The number of carbonyl (C=O) groups excluding carboxylic acids is 1. The van der Waals surface area contributed by atoms with Gasteiger partial charge in [0, 0.05) is 12.2 Å². The summed E-state index contributed by atoms with van der Waals surface area (Å²) >= 11 is 0. The number of hydrogen-bond acceptors (Lipinski definition) is 4. The fraction of sp³-hybridized carbons (Fsp3) is 0.353. The van der Waals surface area contributed by atoms with Gasteiger partial charge in [0.2, 0.25) is 0 Å². The van der Waals surface area contributed by atoms with Crippen molar-refractivity contribution in [3.63, 3.8) is 0 Å². The molecule has 2 rings (SSSR count). The molecule has 2 aromatic rings. The van der Waals surface area contributed by atoms with Gasteiger partial charge in [0.1, 0.15) is 0 Å². The van der Waals surface area contributed by atoms with Crippen molar-refractivity contribution in [2.75, 3.05) is 11.9 Å². The Morgan fingerprint density at radius 3 is 2.45 bits per heavy atom. The van der Waals surface area contributed by atoms with Gasteiger partial charge in [-0.2, -0.15) is 0 Å². The lowest BCUT2D eigenvalue weighted by atomic mass is 10.2. The molecule has 1 amide bonds. The second kappa shape index (κ2) is 8.12.